The summed E-state index contributed by atoms with van der Waals surface area (Å²) in [6.45, 7) is 5.93. The van der Waals surface area contributed by atoms with Crippen molar-refractivity contribution in [2.24, 2.45) is 0 Å². The minimum atomic E-state index is -3.72. The predicted molar refractivity (Wildman–Crippen MR) is 173 cm³/mol. The van der Waals surface area contributed by atoms with Gasteiger partial charge in [0, 0.05) is 61.6 Å². The second kappa shape index (κ2) is 13.1. The third-order valence-corrected chi connectivity index (χ3v) is 9.52. The van der Waals surface area contributed by atoms with E-state index in [1.807, 2.05) is 24.3 Å². The van der Waals surface area contributed by atoms with Crippen molar-refractivity contribution in [3.8, 4) is 11.1 Å². The summed E-state index contributed by atoms with van der Waals surface area (Å²) < 4.78 is 33.2. The molecule has 0 saturated carbocycles. The van der Waals surface area contributed by atoms with E-state index in [1.54, 1.807) is 80.4 Å². The lowest BCUT2D eigenvalue weighted by Crippen LogP contribution is -2.50. The van der Waals surface area contributed by atoms with Crippen LogP contribution in [0.25, 0.3) is 21.9 Å². The molecular weight excluding hydrogens is 616 g/mol. The maximum absolute atomic E-state index is 13.3. The van der Waals surface area contributed by atoms with Crippen LogP contribution in [0.2, 0.25) is 5.02 Å². The van der Waals surface area contributed by atoms with Crippen molar-refractivity contribution in [2.45, 2.75) is 37.7 Å². The lowest BCUT2D eigenvalue weighted by Gasteiger charge is -2.34. The summed E-state index contributed by atoms with van der Waals surface area (Å²) in [6.07, 6.45) is 0.954. The van der Waals surface area contributed by atoms with Crippen LogP contribution in [0.4, 0.5) is 4.79 Å². The zero-order valence-corrected chi connectivity index (χ0v) is 26.8. The summed E-state index contributed by atoms with van der Waals surface area (Å²) >= 11 is 6.05. The molecule has 236 valence electrons. The molecule has 1 aromatic heterocycles. The fourth-order valence-corrected chi connectivity index (χ4v) is 6.68. The number of nitrogens with zero attached hydrogens (tertiary/aromatic N) is 4. The topological polar surface area (TPSA) is 123 Å². The molecule has 0 aliphatic carbocycles. The van der Waals surface area contributed by atoms with Gasteiger partial charge in [-0.15, -0.1) is 0 Å². The van der Waals surface area contributed by atoms with E-state index in [9.17, 15) is 23.2 Å². The molecule has 5 rings (SSSR count). The first-order valence-corrected chi connectivity index (χ1v) is 16.3. The van der Waals surface area contributed by atoms with Crippen molar-refractivity contribution in [1.82, 2.24) is 19.3 Å². The van der Waals surface area contributed by atoms with E-state index in [0.717, 1.165) is 21.9 Å². The van der Waals surface area contributed by atoms with Crippen molar-refractivity contribution in [3.63, 3.8) is 0 Å². The molecule has 0 N–H and O–H groups in total. The van der Waals surface area contributed by atoms with Crippen molar-refractivity contribution in [1.29, 1.82) is 0 Å². The van der Waals surface area contributed by atoms with Gasteiger partial charge in [-0.2, -0.15) is 4.31 Å². The largest absolute Gasteiger partial charge is 0.754 e. The SMILES string of the molecule is CC(C)(C)OC(=O)N([O-])CCc1cc(-c2ccc(C(=O)N3CCN(S(=O)(=O)c4ccc5cc(Cl)ccc5c4)CC3)cc2)ccn1. The smallest absolute Gasteiger partial charge is 0.399 e. The van der Waals surface area contributed by atoms with Crippen LogP contribution in [0, 0.1) is 5.21 Å². The Labute approximate surface area is 267 Å². The van der Waals surface area contributed by atoms with Gasteiger partial charge in [-0.05, 0) is 91.2 Å². The normalized spacial score (nSPS) is 14.4. The Bertz CT molecular complexity index is 1820. The summed E-state index contributed by atoms with van der Waals surface area (Å²) in [7, 11) is -3.72. The van der Waals surface area contributed by atoms with Gasteiger partial charge in [-0.25, -0.2) is 13.2 Å². The third kappa shape index (κ3) is 7.80. The summed E-state index contributed by atoms with van der Waals surface area (Å²) in [4.78, 5) is 31.4. The average molecular weight is 650 g/mol. The molecule has 0 unspecified atom stereocenters. The Morgan fingerprint density at radius 2 is 1.58 bits per heavy atom. The molecule has 1 fully saturated rings. The maximum atomic E-state index is 13.3. The number of halogens is 1. The minimum Gasteiger partial charge on any atom is -0.754 e. The Morgan fingerprint density at radius 1 is 0.911 bits per heavy atom. The Hall–Kier alpha value is -4.03. The van der Waals surface area contributed by atoms with Crippen LogP contribution in [0.3, 0.4) is 0 Å². The summed E-state index contributed by atoms with van der Waals surface area (Å²) in [5.41, 5.74) is 2.09. The van der Waals surface area contributed by atoms with Gasteiger partial charge >= 0.3 is 6.09 Å². The highest BCUT2D eigenvalue weighted by Gasteiger charge is 2.30. The number of hydroxylamine groups is 2. The van der Waals surface area contributed by atoms with E-state index < -0.39 is 21.7 Å². The predicted octanol–water partition coefficient (Wildman–Crippen LogP) is 5.98. The number of hydrogen-bond donors (Lipinski definition) is 0. The molecule has 0 spiro atoms. The number of fused-ring (bicyclic) bond motifs is 1. The van der Waals surface area contributed by atoms with Crippen LogP contribution in [0.15, 0.2) is 83.9 Å². The standard InChI is InChI=1S/C33H34ClN4O6S/c1-33(2,3)44-32(40)38(41)15-13-29-21-27(12-14-35-29)23-4-6-24(7-5-23)31(39)36-16-18-37(19-17-36)45(42,43)30-11-9-25-20-28(34)10-8-26(25)22-30/h4-12,14,20-22H,13,15-19H2,1-3H3/q-1. The second-order valence-electron chi connectivity index (χ2n) is 11.8. The highest BCUT2D eigenvalue weighted by Crippen LogP contribution is 2.26. The molecule has 0 bridgehead atoms. The van der Waals surface area contributed by atoms with E-state index in [1.165, 1.54) is 4.31 Å². The second-order valence-corrected chi connectivity index (χ2v) is 14.2. The van der Waals surface area contributed by atoms with Gasteiger partial charge < -0.3 is 19.9 Å². The molecule has 12 heteroatoms. The fourth-order valence-electron chi connectivity index (χ4n) is 5.04. The van der Waals surface area contributed by atoms with E-state index in [-0.39, 0.29) is 55.0 Å². The van der Waals surface area contributed by atoms with Crippen LogP contribution in [-0.2, 0) is 21.2 Å². The molecule has 0 radical (unpaired) electrons. The van der Waals surface area contributed by atoms with Gasteiger partial charge in [-0.1, -0.05) is 35.9 Å². The number of carbonyl (C=O) groups excluding carboxylic acids is 2. The van der Waals surface area contributed by atoms with Gasteiger partial charge in [0.1, 0.15) is 5.60 Å². The Morgan fingerprint density at radius 3 is 2.27 bits per heavy atom. The van der Waals surface area contributed by atoms with Gasteiger partial charge in [0.15, 0.2) is 0 Å². The van der Waals surface area contributed by atoms with Crippen LogP contribution in [0.1, 0.15) is 36.8 Å². The first-order chi connectivity index (χ1) is 21.3. The molecular formula is C33H34ClN4O6S-. The van der Waals surface area contributed by atoms with Crippen LogP contribution in [-0.4, -0.2) is 78.0 Å². The summed E-state index contributed by atoms with van der Waals surface area (Å²) in [5, 5.41) is 14.6. The van der Waals surface area contributed by atoms with Gasteiger partial charge in [0.25, 0.3) is 5.91 Å². The van der Waals surface area contributed by atoms with Crippen molar-refractivity contribution < 1.29 is 22.7 Å². The number of pyridine rings is 1. The molecule has 4 aromatic rings. The zero-order chi connectivity index (χ0) is 32.4. The van der Waals surface area contributed by atoms with E-state index in [0.29, 0.717) is 16.3 Å². The number of hydrogen-bond acceptors (Lipinski definition) is 7. The maximum Gasteiger partial charge on any atom is 0.399 e. The van der Waals surface area contributed by atoms with Crippen LogP contribution in [0.5, 0.6) is 0 Å². The van der Waals surface area contributed by atoms with E-state index in [4.69, 9.17) is 16.3 Å². The molecule has 2 amide bonds. The van der Waals surface area contributed by atoms with Crippen LogP contribution >= 0.6 is 11.6 Å². The molecule has 45 heavy (non-hydrogen) atoms. The van der Waals surface area contributed by atoms with E-state index >= 15 is 0 Å². The number of aromatic nitrogens is 1. The lowest BCUT2D eigenvalue weighted by atomic mass is 10.0. The number of rotatable bonds is 7. The number of ether oxygens (including phenoxy) is 1. The Kier molecular flexibility index (Phi) is 9.45. The number of sulfonamides is 1. The molecule has 2 heterocycles. The lowest BCUT2D eigenvalue weighted by molar-refractivity contribution is 0.0336. The summed E-state index contributed by atoms with van der Waals surface area (Å²) in [6, 6.07) is 21.1. The van der Waals surface area contributed by atoms with Gasteiger partial charge in [-0.3, -0.25) is 9.78 Å². The van der Waals surface area contributed by atoms with Crippen molar-refractivity contribution in [3.05, 3.63) is 100 Å². The number of carbonyl (C=O) groups is 2. The first kappa shape index (κ1) is 32.4. The number of amides is 2. The highest BCUT2D eigenvalue weighted by atomic mass is 35.5. The highest BCUT2D eigenvalue weighted by molar-refractivity contribution is 7.89. The Balaban J connectivity index is 1.18. The quantitative estimate of drug-likeness (QED) is 0.226. The number of benzene rings is 3. The van der Waals surface area contributed by atoms with Crippen molar-refractivity contribution in [2.75, 3.05) is 32.7 Å². The minimum absolute atomic E-state index is 0.0923. The third-order valence-electron chi connectivity index (χ3n) is 7.39. The number of piperazine rings is 1. The van der Waals surface area contributed by atoms with Gasteiger partial charge in [0.05, 0.1) is 4.90 Å². The molecule has 0 atom stereocenters. The van der Waals surface area contributed by atoms with Crippen LogP contribution < -0.4 is 0 Å². The molecule has 1 saturated heterocycles. The molecule has 3 aromatic carbocycles. The van der Waals surface area contributed by atoms with Gasteiger partial charge in [0.2, 0.25) is 10.0 Å². The fraction of sp³-hybridized carbons (Fsp3) is 0.303. The van der Waals surface area contributed by atoms with Crippen molar-refractivity contribution >= 4 is 44.4 Å². The molecule has 1 aliphatic rings. The monoisotopic (exact) mass is 649 g/mol. The molecule has 1 aliphatic heterocycles. The first-order valence-electron chi connectivity index (χ1n) is 14.5. The van der Waals surface area contributed by atoms with E-state index in [2.05, 4.69) is 4.98 Å². The molecule has 10 nitrogen and oxygen atoms in total. The average Bonchev–Trinajstić information content (AvgIpc) is 3.02. The zero-order valence-electron chi connectivity index (χ0n) is 25.3. The summed E-state index contributed by atoms with van der Waals surface area (Å²) in [5.74, 6) is -0.172.